The van der Waals surface area contributed by atoms with Crippen LogP contribution >= 0.6 is 11.6 Å². The maximum absolute atomic E-state index is 12.1. The van der Waals surface area contributed by atoms with E-state index in [9.17, 15) is 9.59 Å². The van der Waals surface area contributed by atoms with E-state index < -0.39 is 5.60 Å². The third-order valence-corrected chi connectivity index (χ3v) is 3.49. The quantitative estimate of drug-likeness (QED) is 0.749. The van der Waals surface area contributed by atoms with Crippen LogP contribution < -0.4 is 0 Å². The summed E-state index contributed by atoms with van der Waals surface area (Å²) in [5, 5.41) is 0. The third kappa shape index (κ3) is 5.19. The van der Waals surface area contributed by atoms with Gasteiger partial charge in [0.15, 0.2) is 0 Å². The van der Waals surface area contributed by atoms with Gasteiger partial charge in [-0.1, -0.05) is 0 Å². The Morgan fingerprint density at radius 2 is 2.05 bits per heavy atom. The first-order valence-electron chi connectivity index (χ1n) is 7.08. The van der Waals surface area contributed by atoms with Gasteiger partial charge in [-0.15, -0.1) is 11.6 Å². The number of carbonyl (C=O) groups excluding carboxylic acids is 2. The number of rotatable bonds is 4. The molecule has 1 aliphatic heterocycles. The minimum atomic E-state index is -0.485. The number of nitrogens with zero attached hydrogens (tertiary/aromatic N) is 2. The van der Waals surface area contributed by atoms with Crippen molar-refractivity contribution in [1.82, 2.24) is 9.80 Å². The second-order valence-corrected chi connectivity index (χ2v) is 6.41. The fourth-order valence-electron chi connectivity index (χ4n) is 2.26. The molecule has 1 saturated heterocycles. The van der Waals surface area contributed by atoms with Gasteiger partial charge in [0.1, 0.15) is 11.5 Å². The number of hydrogen-bond donors (Lipinski definition) is 0. The zero-order valence-electron chi connectivity index (χ0n) is 12.8. The zero-order valence-corrected chi connectivity index (χ0v) is 13.6. The van der Waals surface area contributed by atoms with Crippen LogP contribution in [-0.2, 0) is 9.53 Å². The number of ether oxygens (including phenoxy) is 1. The van der Waals surface area contributed by atoms with E-state index in [-0.39, 0.29) is 17.9 Å². The van der Waals surface area contributed by atoms with Crippen molar-refractivity contribution in [1.29, 1.82) is 0 Å². The Labute approximate surface area is 126 Å². The van der Waals surface area contributed by atoms with Crippen molar-refractivity contribution in [3.05, 3.63) is 0 Å². The minimum Gasteiger partial charge on any atom is -0.444 e. The highest BCUT2D eigenvalue weighted by Gasteiger charge is 2.29. The minimum absolute atomic E-state index is 0.0241. The number of halogens is 1. The van der Waals surface area contributed by atoms with Gasteiger partial charge in [-0.3, -0.25) is 4.79 Å². The molecule has 116 valence electrons. The van der Waals surface area contributed by atoms with E-state index in [4.69, 9.17) is 16.3 Å². The van der Waals surface area contributed by atoms with Gasteiger partial charge in [0.05, 0.1) is 0 Å². The predicted octanol–water partition coefficient (Wildman–Crippen LogP) is 2.33. The lowest BCUT2D eigenvalue weighted by Gasteiger charge is -2.28. The van der Waals surface area contributed by atoms with Crippen LogP contribution in [0.25, 0.3) is 0 Å². The van der Waals surface area contributed by atoms with E-state index in [2.05, 4.69) is 0 Å². The predicted molar refractivity (Wildman–Crippen MR) is 78.9 cm³/mol. The highest BCUT2D eigenvalue weighted by molar-refractivity contribution is 6.27. The first kappa shape index (κ1) is 17.1. The number of hydrogen-bond acceptors (Lipinski definition) is 3. The highest BCUT2D eigenvalue weighted by Crippen LogP contribution is 2.19. The molecule has 0 spiro atoms. The molecule has 20 heavy (non-hydrogen) atoms. The number of likely N-dealkylation sites (tertiary alicyclic amines) is 1. The fourth-order valence-corrected chi connectivity index (χ4v) is 2.43. The van der Waals surface area contributed by atoms with E-state index in [1.807, 2.05) is 27.7 Å². The Morgan fingerprint density at radius 1 is 1.40 bits per heavy atom. The van der Waals surface area contributed by atoms with E-state index >= 15 is 0 Å². The van der Waals surface area contributed by atoms with Gasteiger partial charge in [-0.05, 0) is 40.0 Å². The van der Waals surface area contributed by atoms with Gasteiger partial charge < -0.3 is 14.5 Å². The number of amides is 2. The van der Waals surface area contributed by atoms with Crippen LogP contribution in [0.4, 0.5) is 4.79 Å². The summed E-state index contributed by atoms with van der Waals surface area (Å²) < 4.78 is 5.38. The van der Waals surface area contributed by atoms with Crippen molar-refractivity contribution in [3.63, 3.8) is 0 Å². The van der Waals surface area contributed by atoms with E-state index in [0.717, 1.165) is 13.0 Å². The second-order valence-electron chi connectivity index (χ2n) is 6.15. The number of alkyl halides is 1. The Bertz CT molecular complexity index is 355. The van der Waals surface area contributed by atoms with E-state index in [1.165, 1.54) is 0 Å². The van der Waals surface area contributed by atoms with Crippen molar-refractivity contribution < 1.29 is 14.3 Å². The molecule has 6 heteroatoms. The first-order valence-corrected chi connectivity index (χ1v) is 7.62. The lowest BCUT2D eigenvalue weighted by molar-refractivity contribution is -0.127. The van der Waals surface area contributed by atoms with E-state index in [1.54, 1.807) is 9.80 Å². The van der Waals surface area contributed by atoms with Crippen LogP contribution in [0.3, 0.4) is 0 Å². The van der Waals surface area contributed by atoms with Crippen LogP contribution in [0.5, 0.6) is 0 Å². The zero-order chi connectivity index (χ0) is 15.3. The average molecular weight is 305 g/mol. The number of carbonyl (C=O) groups is 2. The summed E-state index contributed by atoms with van der Waals surface area (Å²) in [6, 6.07) is 0. The van der Waals surface area contributed by atoms with Gasteiger partial charge in [0.25, 0.3) is 0 Å². The molecule has 0 aromatic carbocycles. The molecule has 0 saturated carbocycles. The van der Waals surface area contributed by atoms with Gasteiger partial charge in [-0.2, -0.15) is 0 Å². The normalized spacial score (nSPS) is 19.1. The monoisotopic (exact) mass is 304 g/mol. The summed E-state index contributed by atoms with van der Waals surface area (Å²) in [5.74, 6) is 0.292. The van der Waals surface area contributed by atoms with Gasteiger partial charge in [0.2, 0.25) is 5.91 Å². The maximum atomic E-state index is 12.1. The topological polar surface area (TPSA) is 49.9 Å². The van der Waals surface area contributed by atoms with Crippen LogP contribution in [-0.4, -0.2) is 59.5 Å². The molecule has 1 atom stereocenters. The summed E-state index contributed by atoms with van der Waals surface area (Å²) >= 11 is 5.56. The van der Waals surface area contributed by atoms with Gasteiger partial charge >= 0.3 is 6.09 Å². The molecule has 0 bridgehead atoms. The molecule has 5 nitrogen and oxygen atoms in total. The molecule has 1 aliphatic rings. The third-order valence-electron chi connectivity index (χ3n) is 3.26. The molecule has 1 heterocycles. The molecule has 0 aromatic rings. The highest BCUT2D eigenvalue weighted by atomic mass is 35.5. The van der Waals surface area contributed by atoms with Crippen molar-refractivity contribution >= 4 is 23.6 Å². The van der Waals surface area contributed by atoms with Gasteiger partial charge in [-0.25, -0.2) is 4.79 Å². The maximum Gasteiger partial charge on any atom is 0.410 e. The lowest BCUT2D eigenvalue weighted by Crippen LogP contribution is -2.40. The smallest absolute Gasteiger partial charge is 0.410 e. The first-order chi connectivity index (χ1) is 9.26. The molecule has 0 aromatic heterocycles. The van der Waals surface area contributed by atoms with Crippen LogP contribution in [0.2, 0.25) is 0 Å². The van der Waals surface area contributed by atoms with Crippen molar-refractivity contribution in [2.24, 2.45) is 5.92 Å². The Hall–Kier alpha value is -0.970. The van der Waals surface area contributed by atoms with Crippen molar-refractivity contribution in [2.45, 2.75) is 39.7 Å². The van der Waals surface area contributed by atoms with Crippen LogP contribution in [0, 0.1) is 5.92 Å². The van der Waals surface area contributed by atoms with Crippen molar-refractivity contribution in [3.8, 4) is 0 Å². The molecular weight excluding hydrogens is 280 g/mol. The lowest BCUT2D eigenvalue weighted by atomic mass is 10.1. The van der Waals surface area contributed by atoms with E-state index in [0.29, 0.717) is 25.6 Å². The standard InChI is InChI=1S/C14H25ClN2O3/c1-5-16(13(19)20-14(2,3)4)9-11-6-7-17(10-11)12(18)8-15/h11H,5-10H2,1-4H3/t11-/m1/s1. The second kappa shape index (κ2) is 7.16. The Kier molecular flexibility index (Phi) is 6.11. The average Bonchev–Trinajstić information content (AvgIpc) is 2.81. The molecule has 0 unspecified atom stereocenters. The fraction of sp³-hybridized carbons (Fsp3) is 0.857. The van der Waals surface area contributed by atoms with Gasteiger partial charge in [0, 0.05) is 26.2 Å². The Morgan fingerprint density at radius 3 is 2.55 bits per heavy atom. The summed E-state index contributed by atoms with van der Waals surface area (Å²) in [4.78, 5) is 27.0. The molecule has 0 aliphatic carbocycles. The molecule has 0 N–H and O–H groups in total. The van der Waals surface area contributed by atoms with Crippen molar-refractivity contribution in [2.75, 3.05) is 32.1 Å². The summed E-state index contributed by atoms with van der Waals surface area (Å²) in [7, 11) is 0. The summed E-state index contributed by atoms with van der Waals surface area (Å²) in [6.07, 6.45) is 0.615. The molecular formula is C14H25ClN2O3. The molecule has 1 fully saturated rings. The Balaban J connectivity index is 2.49. The molecule has 1 rings (SSSR count). The summed E-state index contributed by atoms with van der Waals surface area (Å²) in [5.41, 5.74) is -0.485. The van der Waals surface area contributed by atoms with Crippen LogP contribution in [0.15, 0.2) is 0 Å². The summed E-state index contributed by atoms with van der Waals surface area (Å²) in [6.45, 7) is 10.1. The molecule has 2 amide bonds. The largest absolute Gasteiger partial charge is 0.444 e. The molecule has 0 radical (unpaired) electrons. The van der Waals surface area contributed by atoms with Crippen LogP contribution in [0.1, 0.15) is 34.1 Å². The SMILES string of the molecule is CCN(C[C@H]1CCN(C(=O)CCl)C1)C(=O)OC(C)(C)C.